The van der Waals surface area contributed by atoms with Gasteiger partial charge in [-0.25, -0.2) is 0 Å². The largest absolute Gasteiger partial charge is 0.339 e. The van der Waals surface area contributed by atoms with Crippen molar-refractivity contribution in [2.75, 3.05) is 4.90 Å². The van der Waals surface area contributed by atoms with Crippen molar-refractivity contribution in [3.8, 4) is 11.4 Å². The summed E-state index contributed by atoms with van der Waals surface area (Å²) in [4.78, 5) is 19.0. The molecule has 3 aromatic rings. The normalized spacial score (nSPS) is 16.0. The van der Waals surface area contributed by atoms with Crippen molar-refractivity contribution in [2.24, 2.45) is 0 Å². The Balaban J connectivity index is 1.44. The lowest BCUT2D eigenvalue weighted by Gasteiger charge is -2.22. The van der Waals surface area contributed by atoms with Crippen LogP contribution in [0.1, 0.15) is 24.8 Å². The van der Waals surface area contributed by atoms with Gasteiger partial charge in [0.1, 0.15) is 0 Å². The van der Waals surface area contributed by atoms with Crippen molar-refractivity contribution in [2.45, 2.75) is 32.2 Å². The van der Waals surface area contributed by atoms with E-state index in [0.717, 1.165) is 17.7 Å². The average Bonchev–Trinajstić information content (AvgIpc) is 3.24. The van der Waals surface area contributed by atoms with Crippen molar-refractivity contribution in [1.82, 2.24) is 10.1 Å². The Bertz CT molecular complexity index is 889. The Labute approximate surface area is 146 Å². The third-order valence-electron chi connectivity index (χ3n) is 4.53. The van der Waals surface area contributed by atoms with Crippen LogP contribution in [-0.4, -0.2) is 22.1 Å². The number of nitrogens with zero attached hydrogens (tertiary/aromatic N) is 3. The van der Waals surface area contributed by atoms with E-state index in [2.05, 4.69) is 23.1 Å². The van der Waals surface area contributed by atoms with Gasteiger partial charge in [-0.2, -0.15) is 4.98 Å². The molecule has 2 heterocycles. The summed E-state index contributed by atoms with van der Waals surface area (Å²) in [7, 11) is 0. The molecule has 0 fully saturated rings. The minimum atomic E-state index is 0.0944. The quantitative estimate of drug-likeness (QED) is 0.731. The van der Waals surface area contributed by atoms with Gasteiger partial charge in [-0.1, -0.05) is 53.7 Å². The van der Waals surface area contributed by atoms with Crippen LogP contribution in [0, 0.1) is 0 Å². The molecule has 0 bridgehead atoms. The smallest absolute Gasteiger partial charge is 0.227 e. The number of para-hydroxylation sites is 1. The highest BCUT2D eigenvalue weighted by Gasteiger charge is 2.30. The number of hydrogen-bond acceptors (Lipinski definition) is 4. The van der Waals surface area contributed by atoms with Crippen LogP contribution in [-0.2, 0) is 17.6 Å². The number of carbonyl (C=O) groups excluding carboxylic acids is 1. The summed E-state index contributed by atoms with van der Waals surface area (Å²) in [6, 6.07) is 17.9. The van der Waals surface area contributed by atoms with Gasteiger partial charge in [0, 0.05) is 30.1 Å². The summed E-state index contributed by atoms with van der Waals surface area (Å²) in [5.41, 5.74) is 3.16. The lowest BCUT2D eigenvalue weighted by molar-refractivity contribution is -0.118. The van der Waals surface area contributed by atoms with E-state index in [9.17, 15) is 4.79 Å². The molecule has 5 heteroatoms. The first kappa shape index (κ1) is 15.6. The second-order valence-corrected chi connectivity index (χ2v) is 6.32. The SMILES string of the molecule is CC1Cc2ccccc2N1C(=O)CCc1nc(-c2ccccc2)no1. The molecule has 126 valence electrons. The van der Waals surface area contributed by atoms with Gasteiger partial charge < -0.3 is 9.42 Å². The zero-order valence-corrected chi connectivity index (χ0v) is 14.1. The van der Waals surface area contributed by atoms with Crippen molar-refractivity contribution in [3.05, 3.63) is 66.1 Å². The number of amides is 1. The summed E-state index contributed by atoms with van der Waals surface area (Å²) < 4.78 is 5.30. The fourth-order valence-electron chi connectivity index (χ4n) is 3.34. The molecule has 1 aromatic heterocycles. The minimum absolute atomic E-state index is 0.0944. The van der Waals surface area contributed by atoms with Gasteiger partial charge in [0.15, 0.2) is 0 Å². The van der Waals surface area contributed by atoms with Crippen molar-refractivity contribution in [3.63, 3.8) is 0 Å². The van der Waals surface area contributed by atoms with Crippen LogP contribution in [0.3, 0.4) is 0 Å². The van der Waals surface area contributed by atoms with Gasteiger partial charge in [-0.05, 0) is 25.0 Å². The van der Waals surface area contributed by atoms with E-state index in [0.29, 0.717) is 24.6 Å². The first-order chi connectivity index (χ1) is 12.2. The monoisotopic (exact) mass is 333 g/mol. The standard InChI is InChI=1S/C20H19N3O2/c1-14-13-16-9-5-6-10-17(16)23(14)19(24)12-11-18-21-20(22-25-18)15-7-3-2-4-8-15/h2-10,14H,11-13H2,1H3. The summed E-state index contributed by atoms with van der Waals surface area (Å²) in [6.45, 7) is 2.08. The van der Waals surface area contributed by atoms with Crippen molar-refractivity contribution < 1.29 is 9.32 Å². The molecule has 0 aliphatic carbocycles. The molecule has 0 saturated heterocycles. The average molecular weight is 333 g/mol. The van der Waals surface area contributed by atoms with Crippen LogP contribution < -0.4 is 4.90 Å². The first-order valence-electron chi connectivity index (χ1n) is 8.50. The van der Waals surface area contributed by atoms with Gasteiger partial charge in [0.05, 0.1) is 0 Å². The van der Waals surface area contributed by atoms with E-state index >= 15 is 0 Å². The zero-order valence-electron chi connectivity index (χ0n) is 14.1. The van der Waals surface area contributed by atoms with Gasteiger partial charge >= 0.3 is 0 Å². The second-order valence-electron chi connectivity index (χ2n) is 6.32. The minimum Gasteiger partial charge on any atom is -0.339 e. The summed E-state index contributed by atoms with van der Waals surface area (Å²) in [5.74, 6) is 1.15. The van der Waals surface area contributed by atoms with Crippen LogP contribution in [0.2, 0.25) is 0 Å². The Morgan fingerprint density at radius 1 is 1.16 bits per heavy atom. The maximum Gasteiger partial charge on any atom is 0.227 e. The molecule has 2 aromatic carbocycles. The predicted molar refractivity (Wildman–Crippen MR) is 95.1 cm³/mol. The number of rotatable bonds is 4. The maximum absolute atomic E-state index is 12.7. The molecule has 5 nitrogen and oxygen atoms in total. The highest BCUT2D eigenvalue weighted by Crippen LogP contribution is 2.32. The van der Waals surface area contributed by atoms with E-state index in [1.54, 1.807) is 0 Å². The Morgan fingerprint density at radius 3 is 2.76 bits per heavy atom. The number of benzene rings is 2. The molecule has 25 heavy (non-hydrogen) atoms. The molecular formula is C20H19N3O2. The molecule has 1 amide bonds. The number of carbonyl (C=O) groups is 1. The first-order valence-corrected chi connectivity index (χ1v) is 8.50. The number of hydrogen-bond donors (Lipinski definition) is 0. The topological polar surface area (TPSA) is 59.2 Å². The summed E-state index contributed by atoms with van der Waals surface area (Å²) >= 11 is 0. The Hall–Kier alpha value is -2.95. The molecule has 4 rings (SSSR count). The molecule has 0 saturated carbocycles. The fourth-order valence-corrected chi connectivity index (χ4v) is 3.34. The molecule has 0 spiro atoms. The third-order valence-corrected chi connectivity index (χ3v) is 4.53. The Kier molecular flexibility index (Phi) is 4.06. The second kappa shape index (κ2) is 6.51. The molecule has 0 N–H and O–H groups in total. The molecule has 1 atom stereocenters. The van der Waals surface area contributed by atoms with Gasteiger partial charge in [-0.3, -0.25) is 4.79 Å². The van der Waals surface area contributed by atoms with Crippen molar-refractivity contribution >= 4 is 11.6 Å². The van der Waals surface area contributed by atoms with Crippen LogP contribution >= 0.6 is 0 Å². The molecule has 1 aliphatic rings. The lowest BCUT2D eigenvalue weighted by atomic mass is 10.1. The zero-order chi connectivity index (χ0) is 17.2. The van der Waals surface area contributed by atoms with Crippen LogP contribution in [0.4, 0.5) is 5.69 Å². The van der Waals surface area contributed by atoms with Gasteiger partial charge in [0.25, 0.3) is 0 Å². The molecule has 1 unspecified atom stereocenters. The number of aryl methyl sites for hydroxylation is 1. The fraction of sp³-hybridized carbons (Fsp3) is 0.250. The summed E-state index contributed by atoms with van der Waals surface area (Å²) in [5, 5.41) is 4.00. The van der Waals surface area contributed by atoms with E-state index in [-0.39, 0.29) is 11.9 Å². The van der Waals surface area contributed by atoms with Gasteiger partial charge in [0.2, 0.25) is 17.6 Å². The highest BCUT2D eigenvalue weighted by atomic mass is 16.5. The lowest BCUT2D eigenvalue weighted by Crippen LogP contribution is -2.35. The molecule has 0 radical (unpaired) electrons. The molecular weight excluding hydrogens is 314 g/mol. The molecule has 1 aliphatic heterocycles. The number of anilines is 1. The summed E-state index contributed by atoms with van der Waals surface area (Å²) in [6.07, 6.45) is 1.71. The maximum atomic E-state index is 12.7. The van der Waals surface area contributed by atoms with E-state index in [4.69, 9.17) is 4.52 Å². The van der Waals surface area contributed by atoms with Crippen LogP contribution in [0.25, 0.3) is 11.4 Å². The van der Waals surface area contributed by atoms with Crippen LogP contribution in [0.15, 0.2) is 59.1 Å². The van der Waals surface area contributed by atoms with E-state index < -0.39 is 0 Å². The van der Waals surface area contributed by atoms with E-state index in [1.807, 2.05) is 53.4 Å². The highest BCUT2D eigenvalue weighted by molar-refractivity contribution is 5.96. The Morgan fingerprint density at radius 2 is 1.92 bits per heavy atom. The number of fused-ring (bicyclic) bond motifs is 1. The van der Waals surface area contributed by atoms with Crippen molar-refractivity contribution in [1.29, 1.82) is 0 Å². The van der Waals surface area contributed by atoms with Crippen LogP contribution in [0.5, 0.6) is 0 Å². The van der Waals surface area contributed by atoms with Gasteiger partial charge in [-0.15, -0.1) is 0 Å². The van der Waals surface area contributed by atoms with E-state index in [1.165, 1.54) is 5.56 Å². The predicted octanol–water partition coefficient (Wildman–Crippen LogP) is 3.65. The third kappa shape index (κ3) is 3.05. The number of aromatic nitrogens is 2.